The number of ether oxygens (including phenoxy) is 1. The van der Waals surface area contributed by atoms with Crippen molar-refractivity contribution >= 4 is 32.6 Å². The Bertz CT molecular complexity index is 1020. The van der Waals surface area contributed by atoms with Gasteiger partial charge in [-0.2, -0.15) is 26.3 Å². The van der Waals surface area contributed by atoms with Crippen LogP contribution in [0.4, 0.5) is 31.5 Å². The van der Waals surface area contributed by atoms with Crippen LogP contribution < -0.4 is 15.4 Å². The molecule has 0 unspecified atom stereocenters. The normalized spacial score (nSPS) is 12.8. The molecule has 0 spiro atoms. The summed E-state index contributed by atoms with van der Waals surface area (Å²) in [4.78, 5) is 15.8. The third-order valence-corrected chi connectivity index (χ3v) is 4.80. The highest BCUT2D eigenvalue weighted by molar-refractivity contribution is 7.22. The molecule has 0 aliphatic rings. The molecule has 0 saturated heterocycles. The van der Waals surface area contributed by atoms with Crippen LogP contribution in [0.25, 0.3) is 10.2 Å². The van der Waals surface area contributed by atoms with E-state index in [1.165, 1.54) is 23.5 Å². The van der Waals surface area contributed by atoms with Crippen molar-refractivity contribution in [2.75, 3.05) is 11.9 Å². The van der Waals surface area contributed by atoms with Crippen molar-refractivity contribution in [1.29, 1.82) is 0 Å². The molecule has 2 heterocycles. The third-order valence-electron chi connectivity index (χ3n) is 3.86. The van der Waals surface area contributed by atoms with Crippen LogP contribution in [0.2, 0.25) is 0 Å². The second kappa shape index (κ2) is 7.70. The Kier molecular flexibility index (Phi) is 5.58. The lowest BCUT2D eigenvalue weighted by molar-refractivity contribution is -0.294. The number of nitrogens with one attached hydrogen (secondary N) is 2. The first-order chi connectivity index (χ1) is 14.0. The van der Waals surface area contributed by atoms with Crippen LogP contribution in [0, 0.1) is 0 Å². The minimum absolute atomic E-state index is 0.154. The van der Waals surface area contributed by atoms with Gasteiger partial charge < -0.3 is 19.8 Å². The van der Waals surface area contributed by atoms with Gasteiger partial charge in [0.2, 0.25) is 0 Å². The Labute approximate surface area is 168 Å². The van der Waals surface area contributed by atoms with E-state index in [2.05, 4.69) is 9.40 Å². The number of alkyl halides is 6. The molecular formula is C17H13F6N3O3S. The van der Waals surface area contributed by atoms with Crippen molar-refractivity contribution in [3.63, 3.8) is 0 Å². The first kappa shape index (κ1) is 21.7. The number of halogens is 6. The molecule has 3 rings (SSSR count). The van der Waals surface area contributed by atoms with Gasteiger partial charge in [-0.1, -0.05) is 11.3 Å². The Morgan fingerprint density at radius 1 is 1.17 bits per heavy atom. The molecule has 1 aromatic carbocycles. The number of furan rings is 1. The summed E-state index contributed by atoms with van der Waals surface area (Å²) in [6.07, 6.45) is -11.0. The molecule has 0 atom stereocenters. The van der Waals surface area contributed by atoms with Gasteiger partial charge >= 0.3 is 18.0 Å². The topological polar surface area (TPSA) is 76.4 Å². The molecule has 2 aromatic heterocycles. The number of fused-ring (bicyclic) bond motifs is 1. The predicted molar refractivity (Wildman–Crippen MR) is 95.4 cm³/mol. The highest BCUT2D eigenvalue weighted by Crippen LogP contribution is 2.45. The first-order valence-corrected chi connectivity index (χ1v) is 9.09. The van der Waals surface area contributed by atoms with Crippen molar-refractivity contribution in [1.82, 2.24) is 10.3 Å². The molecule has 162 valence electrons. The average Bonchev–Trinajstić information content (AvgIpc) is 3.28. The molecule has 0 aliphatic carbocycles. The lowest BCUT2D eigenvalue weighted by Gasteiger charge is -2.37. The van der Waals surface area contributed by atoms with Gasteiger partial charge in [-0.05, 0) is 37.3 Å². The van der Waals surface area contributed by atoms with Crippen molar-refractivity contribution in [3.05, 3.63) is 42.4 Å². The minimum Gasteiger partial charge on any atom is -0.494 e. The zero-order valence-corrected chi connectivity index (χ0v) is 15.8. The number of hydrogen-bond donors (Lipinski definition) is 2. The predicted octanol–water partition coefficient (Wildman–Crippen LogP) is 4.95. The van der Waals surface area contributed by atoms with Crippen LogP contribution >= 0.6 is 11.3 Å². The van der Waals surface area contributed by atoms with E-state index < -0.39 is 34.8 Å². The molecule has 0 fully saturated rings. The molecule has 3 aromatic rings. The van der Waals surface area contributed by atoms with Gasteiger partial charge in [0.05, 0.1) is 23.1 Å². The molecular weight excluding hydrogens is 440 g/mol. The molecule has 6 nitrogen and oxygen atoms in total. The maximum atomic E-state index is 13.7. The molecule has 0 bridgehead atoms. The summed E-state index contributed by atoms with van der Waals surface area (Å²) in [7, 11) is 0. The number of amides is 1. The van der Waals surface area contributed by atoms with Crippen molar-refractivity contribution in [2.24, 2.45) is 0 Å². The quantitative estimate of drug-likeness (QED) is 0.408. The lowest BCUT2D eigenvalue weighted by Crippen LogP contribution is -2.72. The Hall–Kier alpha value is -2.96. The monoisotopic (exact) mass is 453 g/mol. The number of benzene rings is 1. The van der Waals surface area contributed by atoms with E-state index in [1.807, 2.05) is 0 Å². The van der Waals surface area contributed by atoms with Crippen LogP contribution in [0.3, 0.4) is 0 Å². The molecule has 0 saturated carbocycles. The second-order valence-corrected chi connectivity index (χ2v) is 6.91. The molecule has 1 amide bonds. The van der Waals surface area contributed by atoms with Gasteiger partial charge in [0.1, 0.15) is 5.75 Å². The fourth-order valence-corrected chi connectivity index (χ4v) is 3.44. The van der Waals surface area contributed by atoms with Crippen molar-refractivity contribution in [3.8, 4) is 5.75 Å². The number of rotatable bonds is 6. The zero-order valence-electron chi connectivity index (χ0n) is 15.0. The number of anilines is 1. The average molecular weight is 453 g/mol. The highest BCUT2D eigenvalue weighted by Gasteiger charge is 2.73. The number of carbonyl (C=O) groups excluding carboxylic acids is 1. The van der Waals surface area contributed by atoms with Crippen LogP contribution in [0.1, 0.15) is 17.5 Å². The Morgan fingerprint density at radius 3 is 2.43 bits per heavy atom. The van der Waals surface area contributed by atoms with E-state index >= 15 is 0 Å². The van der Waals surface area contributed by atoms with E-state index in [-0.39, 0.29) is 5.52 Å². The largest absolute Gasteiger partial charge is 0.494 e. The summed E-state index contributed by atoms with van der Waals surface area (Å²) < 4.78 is 92.4. The maximum absolute atomic E-state index is 13.7. The fraction of sp³-hybridized carbons (Fsp3) is 0.294. The lowest BCUT2D eigenvalue weighted by atomic mass is 10.1. The third kappa shape index (κ3) is 4.01. The fourth-order valence-electron chi connectivity index (χ4n) is 2.49. The molecule has 0 aliphatic heterocycles. The van der Waals surface area contributed by atoms with Gasteiger partial charge in [-0.3, -0.25) is 4.79 Å². The van der Waals surface area contributed by atoms with E-state index in [0.717, 1.165) is 23.7 Å². The molecule has 2 N–H and O–H groups in total. The van der Waals surface area contributed by atoms with Crippen LogP contribution in [0.15, 0.2) is 41.0 Å². The summed E-state index contributed by atoms with van der Waals surface area (Å²) in [5.41, 5.74) is -4.65. The van der Waals surface area contributed by atoms with Crippen LogP contribution in [0.5, 0.6) is 5.75 Å². The highest BCUT2D eigenvalue weighted by atomic mass is 32.1. The van der Waals surface area contributed by atoms with E-state index in [0.29, 0.717) is 28.4 Å². The van der Waals surface area contributed by atoms with Gasteiger partial charge in [0.15, 0.2) is 10.9 Å². The first-order valence-electron chi connectivity index (χ1n) is 8.28. The van der Waals surface area contributed by atoms with Crippen LogP contribution in [-0.4, -0.2) is 35.5 Å². The summed E-state index contributed by atoms with van der Waals surface area (Å²) >= 11 is 0.544. The maximum Gasteiger partial charge on any atom is 0.439 e. The summed E-state index contributed by atoms with van der Waals surface area (Å²) in [6.45, 7) is 2.03. The molecule has 13 heteroatoms. The van der Waals surface area contributed by atoms with Gasteiger partial charge in [0, 0.05) is 0 Å². The second-order valence-electron chi connectivity index (χ2n) is 5.88. The Balaban J connectivity index is 2.03. The van der Waals surface area contributed by atoms with Crippen molar-refractivity contribution in [2.45, 2.75) is 24.9 Å². The van der Waals surface area contributed by atoms with Crippen molar-refractivity contribution < 1.29 is 40.3 Å². The summed E-state index contributed by atoms with van der Waals surface area (Å²) in [5.74, 6) is -2.05. The Morgan fingerprint density at radius 2 is 1.87 bits per heavy atom. The van der Waals surface area contributed by atoms with Gasteiger partial charge in [0.25, 0.3) is 5.91 Å². The number of aromatic nitrogens is 1. The zero-order chi connectivity index (χ0) is 22.2. The number of carbonyl (C=O) groups is 1. The van der Waals surface area contributed by atoms with Gasteiger partial charge in [-0.25, -0.2) is 4.98 Å². The SMILES string of the molecule is CCOc1ccc2nc(NC(NC(=O)c3ccco3)(C(F)(F)F)C(F)(F)F)sc2c1. The summed E-state index contributed by atoms with van der Waals surface area (Å²) in [5, 5.41) is 1.63. The number of thiazole rings is 1. The number of nitrogens with zero attached hydrogens (tertiary/aromatic N) is 1. The van der Waals surface area contributed by atoms with E-state index in [4.69, 9.17) is 4.74 Å². The van der Waals surface area contributed by atoms with Gasteiger partial charge in [-0.15, -0.1) is 0 Å². The molecule has 0 radical (unpaired) electrons. The van der Waals surface area contributed by atoms with Crippen LogP contribution in [-0.2, 0) is 0 Å². The smallest absolute Gasteiger partial charge is 0.439 e. The summed E-state index contributed by atoms with van der Waals surface area (Å²) in [6, 6.07) is 6.39. The van der Waals surface area contributed by atoms with E-state index in [1.54, 1.807) is 6.92 Å². The van der Waals surface area contributed by atoms with E-state index in [9.17, 15) is 31.1 Å². The minimum atomic E-state index is -5.97. The number of hydrogen-bond acceptors (Lipinski definition) is 6. The molecule has 30 heavy (non-hydrogen) atoms. The standard InChI is InChI=1S/C17H13F6N3O3S/c1-2-28-9-5-6-10-12(8-9)30-14(24-10)26-15(16(18,19)20,17(21,22)23)25-13(27)11-4-3-7-29-11/h3-8H,2H2,1H3,(H,24,26)(H,25,27).